The van der Waals surface area contributed by atoms with Crippen LogP contribution in [0.4, 0.5) is 4.39 Å². The quantitative estimate of drug-likeness (QED) is 0.667. The number of pyridine rings is 1. The molecule has 3 aromatic rings. The first kappa shape index (κ1) is 11.9. The van der Waals surface area contributed by atoms with Gasteiger partial charge < -0.3 is 5.11 Å². The second-order valence-electron chi connectivity index (χ2n) is 4.14. The van der Waals surface area contributed by atoms with Gasteiger partial charge in [0.1, 0.15) is 16.7 Å². The fourth-order valence-electron chi connectivity index (χ4n) is 2.09. The number of phenols is 1. The maximum absolute atomic E-state index is 14.5. The van der Waals surface area contributed by atoms with Gasteiger partial charge >= 0.3 is 0 Å². The molecule has 1 aromatic heterocycles. The van der Waals surface area contributed by atoms with E-state index in [2.05, 4.69) is 4.98 Å². The summed E-state index contributed by atoms with van der Waals surface area (Å²) in [7, 11) is 0. The van der Waals surface area contributed by atoms with Gasteiger partial charge in [-0.2, -0.15) is 0 Å². The predicted molar refractivity (Wildman–Crippen MR) is 73.8 cm³/mol. The lowest BCUT2D eigenvalue weighted by Crippen LogP contribution is -1.89. The standard InChI is InChI=1S/C15H9ClFNO/c16-15-12-6-5-10(9-3-1-2-4-13(9)19)14(17)11(12)7-8-18-15/h1-8,19H. The Balaban J connectivity index is 2.33. The number of phenolic OH excluding ortho intramolecular Hbond substituents is 1. The van der Waals surface area contributed by atoms with Gasteiger partial charge in [0.05, 0.1) is 0 Å². The molecule has 0 aliphatic heterocycles. The molecule has 0 atom stereocenters. The van der Waals surface area contributed by atoms with Crippen LogP contribution in [0.1, 0.15) is 0 Å². The minimum Gasteiger partial charge on any atom is -0.507 e. The summed E-state index contributed by atoms with van der Waals surface area (Å²) in [6.07, 6.45) is 1.46. The zero-order valence-corrected chi connectivity index (χ0v) is 10.5. The number of hydrogen-bond acceptors (Lipinski definition) is 2. The molecule has 0 radical (unpaired) electrons. The topological polar surface area (TPSA) is 33.1 Å². The van der Waals surface area contributed by atoms with E-state index in [0.717, 1.165) is 0 Å². The van der Waals surface area contributed by atoms with E-state index in [9.17, 15) is 9.50 Å². The number of fused-ring (bicyclic) bond motifs is 1. The molecule has 0 spiro atoms. The molecular weight excluding hydrogens is 265 g/mol. The summed E-state index contributed by atoms with van der Waals surface area (Å²) in [5, 5.41) is 11.0. The number of aromatic hydroxyl groups is 1. The molecule has 0 bridgehead atoms. The predicted octanol–water partition coefficient (Wildman–Crippen LogP) is 4.40. The largest absolute Gasteiger partial charge is 0.507 e. The van der Waals surface area contributed by atoms with Crippen LogP contribution in [-0.4, -0.2) is 10.1 Å². The number of aromatic nitrogens is 1. The van der Waals surface area contributed by atoms with Crippen LogP contribution in [0.2, 0.25) is 5.15 Å². The van der Waals surface area contributed by atoms with Crippen LogP contribution in [0, 0.1) is 5.82 Å². The fraction of sp³-hybridized carbons (Fsp3) is 0. The summed E-state index contributed by atoms with van der Waals surface area (Å²) in [4.78, 5) is 3.92. The Bertz CT molecular complexity index is 773. The third-order valence-corrected chi connectivity index (χ3v) is 3.33. The lowest BCUT2D eigenvalue weighted by Gasteiger charge is -2.09. The number of rotatable bonds is 1. The molecule has 1 N–H and O–H groups in total. The molecule has 0 fully saturated rings. The van der Waals surface area contributed by atoms with Crippen molar-refractivity contribution in [2.24, 2.45) is 0 Å². The smallest absolute Gasteiger partial charge is 0.139 e. The number of hydrogen-bond donors (Lipinski definition) is 1. The molecular formula is C15H9ClFNO. The van der Waals surface area contributed by atoms with Gasteiger partial charge in [0.25, 0.3) is 0 Å². The third-order valence-electron chi connectivity index (χ3n) is 3.03. The van der Waals surface area contributed by atoms with Crippen molar-refractivity contribution in [1.82, 2.24) is 4.98 Å². The molecule has 19 heavy (non-hydrogen) atoms. The fourth-order valence-corrected chi connectivity index (χ4v) is 2.31. The zero-order valence-electron chi connectivity index (χ0n) is 9.77. The van der Waals surface area contributed by atoms with E-state index < -0.39 is 5.82 Å². The van der Waals surface area contributed by atoms with Crippen molar-refractivity contribution in [3.8, 4) is 16.9 Å². The maximum atomic E-state index is 14.5. The van der Waals surface area contributed by atoms with Crippen molar-refractivity contribution >= 4 is 22.4 Å². The number of halogens is 2. The molecule has 0 saturated carbocycles. The Kier molecular flexibility index (Phi) is 2.84. The van der Waals surface area contributed by atoms with Crippen LogP contribution >= 0.6 is 11.6 Å². The molecule has 0 amide bonds. The molecule has 0 aliphatic rings. The van der Waals surface area contributed by atoms with Crippen molar-refractivity contribution < 1.29 is 9.50 Å². The average molecular weight is 274 g/mol. The highest BCUT2D eigenvalue weighted by Crippen LogP contribution is 2.35. The Morgan fingerprint density at radius 3 is 2.53 bits per heavy atom. The Labute approximate surface area is 114 Å². The minimum atomic E-state index is -0.414. The number of benzene rings is 2. The normalized spacial score (nSPS) is 10.8. The van der Waals surface area contributed by atoms with Crippen LogP contribution in [0.5, 0.6) is 5.75 Å². The summed E-state index contributed by atoms with van der Waals surface area (Å²) in [5.41, 5.74) is 0.794. The van der Waals surface area contributed by atoms with Gasteiger partial charge in [-0.3, -0.25) is 0 Å². The van der Waals surface area contributed by atoms with Crippen LogP contribution in [-0.2, 0) is 0 Å². The van der Waals surface area contributed by atoms with Gasteiger partial charge in [0, 0.05) is 28.1 Å². The highest BCUT2D eigenvalue weighted by Gasteiger charge is 2.13. The maximum Gasteiger partial charge on any atom is 0.139 e. The highest BCUT2D eigenvalue weighted by molar-refractivity contribution is 6.34. The number of para-hydroxylation sites is 1. The van der Waals surface area contributed by atoms with Crippen LogP contribution < -0.4 is 0 Å². The molecule has 4 heteroatoms. The van der Waals surface area contributed by atoms with Crippen LogP contribution in [0.3, 0.4) is 0 Å². The molecule has 1 heterocycles. The van der Waals surface area contributed by atoms with Crippen molar-refractivity contribution in [2.45, 2.75) is 0 Å². The van der Waals surface area contributed by atoms with Gasteiger partial charge in [0.15, 0.2) is 0 Å². The van der Waals surface area contributed by atoms with Crippen molar-refractivity contribution in [1.29, 1.82) is 0 Å². The molecule has 94 valence electrons. The second kappa shape index (κ2) is 4.52. The van der Waals surface area contributed by atoms with E-state index in [1.54, 1.807) is 36.4 Å². The van der Waals surface area contributed by atoms with E-state index in [-0.39, 0.29) is 10.9 Å². The van der Waals surface area contributed by atoms with Gasteiger partial charge in [-0.05, 0) is 12.1 Å². The van der Waals surface area contributed by atoms with Gasteiger partial charge in [-0.15, -0.1) is 0 Å². The summed E-state index contributed by atoms with van der Waals surface area (Å²) in [5.74, 6) is -0.371. The first-order valence-electron chi connectivity index (χ1n) is 5.69. The summed E-state index contributed by atoms with van der Waals surface area (Å²) in [6.45, 7) is 0. The first-order chi connectivity index (χ1) is 9.18. The zero-order chi connectivity index (χ0) is 13.4. The first-order valence-corrected chi connectivity index (χ1v) is 6.07. The lowest BCUT2D eigenvalue weighted by molar-refractivity contribution is 0.477. The molecule has 3 rings (SSSR count). The average Bonchev–Trinajstić information content (AvgIpc) is 2.41. The SMILES string of the molecule is Oc1ccccc1-c1ccc2c(Cl)nccc2c1F. The molecule has 0 saturated heterocycles. The second-order valence-corrected chi connectivity index (χ2v) is 4.50. The van der Waals surface area contributed by atoms with Crippen LogP contribution in [0.15, 0.2) is 48.7 Å². The van der Waals surface area contributed by atoms with Gasteiger partial charge in [-0.1, -0.05) is 41.9 Å². The lowest BCUT2D eigenvalue weighted by atomic mass is 10.0. The molecule has 2 aromatic carbocycles. The summed E-state index contributed by atoms with van der Waals surface area (Å²) < 4.78 is 14.5. The third kappa shape index (κ3) is 1.92. The summed E-state index contributed by atoms with van der Waals surface area (Å²) in [6, 6.07) is 11.5. The van der Waals surface area contributed by atoms with E-state index in [0.29, 0.717) is 21.9 Å². The van der Waals surface area contributed by atoms with E-state index >= 15 is 0 Å². The van der Waals surface area contributed by atoms with Gasteiger partial charge in [0.2, 0.25) is 0 Å². The van der Waals surface area contributed by atoms with Crippen LogP contribution in [0.25, 0.3) is 21.9 Å². The Hall–Kier alpha value is -2.13. The van der Waals surface area contributed by atoms with Crippen molar-refractivity contribution in [3.63, 3.8) is 0 Å². The summed E-state index contributed by atoms with van der Waals surface area (Å²) >= 11 is 5.93. The highest BCUT2D eigenvalue weighted by atomic mass is 35.5. The van der Waals surface area contributed by atoms with Crippen molar-refractivity contribution in [2.75, 3.05) is 0 Å². The Morgan fingerprint density at radius 2 is 1.74 bits per heavy atom. The monoisotopic (exact) mass is 273 g/mol. The number of nitrogens with zero attached hydrogens (tertiary/aromatic N) is 1. The van der Waals surface area contributed by atoms with E-state index in [4.69, 9.17) is 11.6 Å². The van der Waals surface area contributed by atoms with Crippen molar-refractivity contribution in [3.05, 3.63) is 59.6 Å². The molecule has 2 nitrogen and oxygen atoms in total. The molecule has 0 aliphatic carbocycles. The van der Waals surface area contributed by atoms with E-state index in [1.165, 1.54) is 12.3 Å². The minimum absolute atomic E-state index is 0.0425. The molecule has 0 unspecified atom stereocenters. The van der Waals surface area contributed by atoms with E-state index in [1.807, 2.05) is 0 Å². The Morgan fingerprint density at radius 1 is 0.947 bits per heavy atom. The van der Waals surface area contributed by atoms with Gasteiger partial charge in [-0.25, -0.2) is 9.37 Å².